The molecule has 0 bridgehead atoms. The smallest absolute Gasteiger partial charge is 0.315 e. The van der Waals surface area contributed by atoms with Crippen LogP contribution in [0.15, 0.2) is 24.3 Å². The summed E-state index contributed by atoms with van der Waals surface area (Å²) >= 11 is 0. The number of urea groups is 1. The van der Waals surface area contributed by atoms with E-state index in [-0.39, 0.29) is 43.3 Å². The van der Waals surface area contributed by atoms with Gasteiger partial charge in [0, 0.05) is 19.1 Å². The number of carbonyl (C=O) groups is 2. The molecular weight excluding hydrogens is 335 g/mol. The third kappa shape index (κ3) is 5.65. The van der Waals surface area contributed by atoms with Crippen molar-refractivity contribution in [3.8, 4) is 0 Å². The van der Waals surface area contributed by atoms with Gasteiger partial charge in [0.25, 0.3) is 0 Å². The van der Waals surface area contributed by atoms with Gasteiger partial charge in [-0.05, 0) is 43.5 Å². The third-order valence-corrected chi connectivity index (χ3v) is 4.08. The molecule has 1 aliphatic rings. The van der Waals surface area contributed by atoms with Crippen molar-refractivity contribution in [2.24, 2.45) is 11.7 Å². The van der Waals surface area contributed by atoms with Crippen LogP contribution in [-0.4, -0.2) is 42.5 Å². The fourth-order valence-electron chi connectivity index (χ4n) is 2.77. The minimum Gasteiger partial charge on any atom is -0.338 e. The van der Waals surface area contributed by atoms with E-state index in [4.69, 9.17) is 5.73 Å². The van der Waals surface area contributed by atoms with E-state index in [1.165, 1.54) is 12.1 Å². The van der Waals surface area contributed by atoms with Crippen molar-refractivity contribution in [2.75, 3.05) is 19.6 Å². The van der Waals surface area contributed by atoms with Gasteiger partial charge in [0.1, 0.15) is 5.82 Å². The minimum atomic E-state index is -0.426. The fourth-order valence-corrected chi connectivity index (χ4v) is 2.77. The van der Waals surface area contributed by atoms with E-state index in [1.54, 1.807) is 17.0 Å². The molecule has 2 unspecified atom stereocenters. The molecule has 1 fully saturated rings. The number of benzene rings is 1. The molecule has 3 amide bonds. The molecule has 0 aromatic heterocycles. The second-order valence-corrected chi connectivity index (χ2v) is 5.90. The molecule has 134 valence electrons. The van der Waals surface area contributed by atoms with Gasteiger partial charge in [0.2, 0.25) is 5.91 Å². The minimum absolute atomic E-state index is 0. The first kappa shape index (κ1) is 20.2. The Balaban J connectivity index is 0.00000288. The van der Waals surface area contributed by atoms with Gasteiger partial charge in [-0.1, -0.05) is 12.1 Å². The molecule has 0 saturated carbocycles. The van der Waals surface area contributed by atoms with Crippen LogP contribution in [0.5, 0.6) is 0 Å². The molecule has 1 aromatic rings. The van der Waals surface area contributed by atoms with Crippen molar-refractivity contribution in [1.82, 2.24) is 15.5 Å². The zero-order chi connectivity index (χ0) is 16.8. The first-order valence-corrected chi connectivity index (χ1v) is 7.75. The number of hydrogen-bond donors (Lipinski definition) is 3. The number of rotatable bonds is 5. The normalized spacial score (nSPS) is 19.5. The molecule has 0 aliphatic carbocycles. The molecule has 8 heteroatoms. The summed E-state index contributed by atoms with van der Waals surface area (Å²) in [6.07, 6.45) is 0.902. The molecule has 2 rings (SSSR count). The first-order valence-electron chi connectivity index (χ1n) is 7.75. The molecule has 0 spiro atoms. The highest BCUT2D eigenvalue weighted by Gasteiger charge is 2.31. The highest BCUT2D eigenvalue weighted by Crippen LogP contribution is 2.21. The maximum atomic E-state index is 12.8. The van der Waals surface area contributed by atoms with Gasteiger partial charge < -0.3 is 21.3 Å². The number of nitrogens with zero attached hydrogens (tertiary/aromatic N) is 1. The van der Waals surface area contributed by atoms with Crippen molar-refractivity contribution in [1.29, 1.82) is 0 Å². The molecule has 6 nitrogen and oxygen atoms in total. The summed E-state index contributed by atoms with van der Waals surface area (Å²) < 4.78 is 12.8. The van der Waals surface area contributed by atoms with E-state index in [0.29, 0.717) is 19.0 Å². The van der Waals surface area contributed by atoms with Gasteiger partial charge in [-0.2, -0.15) is 0 Å². The van der Waals surface area contributed by atoms with Crippen LogP contribution >= 0.6 is 12.4 Å². The van der Waals surface area contributed by atoms with E-state index in [0.717, 1.165) is 12.0 Å². The van der Waals surface area contributed by atoms with Gasteiger partial charge in [0.05, 0.1) is 6.54 Å². The summed E-state index contributed by atoms with van der Waals surface area (Å²) in [7, 11) is 0. The van der Waals surface area contributed by atoms with Crippen LogP contribution in [-0.2, 0) is 11.3 Å². The quantitative estimate of drug-likeness (QED) is 0.740. The van der Waals surface area contributed by atoms with Crippen LogP contribution in [0.4, 0.5) is 9.18 Å². The largest absolute Gasteiger partial charge is 0.338 e. The van der Waals surface area contributed by atoms with Gasteiger partial charge in [-0.3, -0.25) is 4.79 Å². The van der Waals surface area contributed by atoms with E-state index >= 15 is 0 Å². The third-order valence-electron chi connectivity index (χ3n) is 4.08. The summed E-state index contributed by atoms with van der Waals surface area (Å²) in [5.74, 6) is -0.0917. The van der Waals surface area contributed by atoms with Crippen LogP contribution in [0.1, 0.15) is 18.9 Å². The maximum Gasteiger partial charge on any atom is 0.315 e. The lowest BCUT2D eigenvalue weighted by molar-refractivity contribution is -0.130. The second-order valence-electron chi connectivity index (χ2n) is 5.90. The van der Waals surface area contributed by atoms with Crippen LogP contribution in [0.25, 0.3) is 0 Å². The van der Waals surface area contributed by atoms with Crippen molar-refractivity contribution in [3.05, 3.63) is 35.6 Å². The molecule has 1 aromatic carbocycles. The van der Waals surface area contributed by atoms with Crippen molar-refractivity contribution in [2.45, 2.75) is 25.9 Å². The Labute approximate surface area is 147 Å². The Bertz CT molecular complexity index is 556. The summed E-state index contributed by atoms with van der Waals surface area (Å²) in [6, 6.07) is 5.59. The molecule has 1 heterocycles. The number of nitrogens with one attached hydrogen (secondary N) is 2. The van der Waals surface area contributed by atoms with Gasteiger partial charge >= 0.3 is 6.03 Å². The fraction of sp³-hybridized carbons (Fsp3) is 0.500. The van der Waals surface area contributed by atoms with Crippen molar-refractivity contribution in [3.63, 3.8) is 0 Å². The standard InChI is InChI=1S/C16H23FN4O2.ClH/c1-11-6-13(7-18)10-21(11)15(22)9-20-16(23)19-8-12-2-4-14(17)5-3-12;/h2-5,11,13H,6-10,18H2,1H3,(H2,19,20,23);1H. The maximum absolute atomic E-state index is 12.8. The molecular formula is C16H24ClFN4O2. The predicted molar refractivity (Wildman–Crippen MR) is 92.2 cm³/mol. The number of likely N-dealkylation sites (tertiary alicyclic amines) is 1. The highest BCUT2D eigenvalue weighted by atomic mass is 35.5. The Morgan fingerprint density at radius 1 is 1.29 bits per heavy atom. The molecule has 1 saturated heterocycles. The van der Waals surface area contributed by atoms with Gasteiger partial charge in [-0.15, -0.1) is 12.4 Å². The average Bonchev–Trinajstić information content (AvgIpc) is 2.93. The van der Waals surface area contributed by atoms with E-state index in [2.05, 4.69) is 10.6 Å². The monoisotopic (exact) mass is 358 g/mol. The SMILES string of the molecule is CC1CC(CN)CN1C(=O)CNC(=O)NCc1ccc(F)cc1.Cl. The summed E-state index contributed by atoms with van der Waals surface area (Å²) in [4.78, 5) is 25.6. The Hall–Kier alpha value is -1.86. The van der Waals surface area contributed by atoms with Crippen LogP contribution in [0.2, 0.25) is 0 Å². The molecule has 24 heavy (non-hydrogen) atoms. The number of carbonyl (C=O) groups excluding carboxylic acids is 2. The lowest BCUT2D eigenvalue weighted by atomic mass is 10.1. The zero-order valence-electron chi connectivity index (χ0n) is 13.6. The van der Waals surface area contributed by atoms with Gasteiger partial charge in [0.15, 0.2) is 0 Å². The average molecular weight is 359 g/mol. The molecule has 2 atom stereocenters. The van der Waals surface area contributed by atoms with E-state index < -0.39 is 6.03 Å². The number of halogens is 2. The lowest BCUT2D eigenvalue weighted by Gasteiger charge is -2.21. The van der Waals surface area contributed by atoms with E-state index in [1.807, 2.05) is 6.92 Å². The molecule has 4 N–H and O–H groups in total. The molecule has 1 aliphatic heterocycles. The van der Waals surface area contributed by atoms with Crippen LogP contribution in [0, 0.1) is 11.7 Å². The number of amides is 3. The summed E-state index contributed by atoms with van der Waals surface area (Å²) in [5, 5.41) is 5.18. The zero-order valence-corrected chi connectivity index (χ0v) is 14.4. The number of nitrogens with two attached hydrogens (primary N) is 1. The first-order chi connectivity index (χ1) is 11.0. The summed E-state index contributed by atoms with van der Waals surface area (Å²) in [5.41, 5.74) is 6.43. The highest BCUT2D eigenvalue weighted by molar-refractivity contribution is 5.85. The van der Waals surface area contributed by atoms with Gasteiger partial charge in [-0.25, -0.2) is 9.18 Å². The Kier molecular flexibility index (Phi) is 7.94. The summed E-state index contributed by atoms with van der Waals surface area (Å²) in [6.45, 7) is 3.43. The van der Waals surface area contributed by atoms with E-state index in [9.17, 15) is 14.0 Å². The Morgan fingerprint density at radius 3 is 2.54 bits per heavy atom. The van der Waals surface area contributed by atoms with Crippen LogP contribution in [0.3, 0.4) is 0 Å². The Morgan fingerprint density at radius 2 is 1.96 bits per heavy atom. The molecule has 0 radical (unpaired) electrons. The van der Waals surface area contributed by atoms with Crippen LogP contribution < -0.4 is 16.4 Å². The second kappa shape index (κ2) is 9.44. The predicted octanol–water partition coefficient (Wildman–Crippen LogP) is 1.24. The van der Waals surface area contributed by atoms with Crippen molar-refractivity contribution < 1.29 is 14.0 Å². The van der Waals surface area contributed by atoms with Crippen molar-refractivity contribution >= 4 is 24.3 Å². The lowest BCUT2D eigenvalue weighted by Crippen LogP contribution is -2.44. The topological polar surface area (TPSA) is 87.5 Å². The number of hydrogen-bond acceptors (Lipinski definition) is 3.